The Labute approximate surface area is 104 Å². The van der Waals surface area contributed by atoms with E-state index in [2.05, 4.69) is 24.3 Å². The van der Waals surface area contributed by atoms with Crippen LogP contribution in [-0.2, 0) is 20.6 Å². The highest BCUT2D eigenvalue weighted by Crippen LogP contribution is 2.02. The van der Waals surface area contributed by atoms with Gasteiger partial charge in [0.15, 0.2) is 0 Å². The normalized spacial score (nSPS) is 10.6. The van der Waals surface area contributed by atoms with E-state index in [4.69, 9.17) is 14.2 Å². The third-order valence-corrected chi connectivity index (χ3v) is 2.40. The van der Waals surface area contributed by atoms with Crippen LogP contribution in [-0.4, -0.2) is 40.1 Å². The number of aryl methyl sites for hydroxylation is 1. The lowest BCUT2D eigenvalue weighted by Crippen LogP contribution is -2.09. The molecule has 0 atom stereocenters. The lowest BCUT2D eigenvalue weighted by atomic mass is 10.1. The minimum Gasteiger partial charge on any atom is -0.382 e. The van der Waals surface area contributed by atoms with Gasteiger partial charge in [0.1, 0.15) is 0 Å². The molecule has 0 spiro atoms. The van der Waals surface area contributed by atoms with E-state index in [1.54, 1.807) is 7.11 Å². The van der Waals surface area contributed by atoms with Crippen LogP contribution in [0.1, 0.15) is 12.0 Å². The number of rotatable bonds is 10. The van der Waals surface area contributed by atoms with Crippen molar-refractivity contribution in [2.45, 2.75) is 12.8 Å². The first-order valence-corrected chi connectivity index (χ1v) is 6.12. The molecule has 0 aliphatic carbocycles. The van der Waals surface area contributed by atoms with E-state index in [1.807, 2.05) is 6.07 Å². The molecule has 0 amide bonds. The lowest BCUT2D eigenvalue weighted by molar-refractivity contribution is 0.0244. The van der Waals surface area contributed by atoms with Crippen molar-refractivity contribution in [2.75, 3.05) is 40.1 Å². The van der Waals surface area contributed by atoms with E-state index in [-0.39, 0.29) is 0 Å². The van der Waals surface area contributed by atoms with E-state index < -0.39 is 0 Å². The quantitative estimate of drug-likeness (QED) is 0.585. The molecule has 0 aliphatic heterocycles. The molecular formula is C14H22O3. The topological polar surface area (TPSA) is 27.7 Å². The minimum absolute atomic E-state index is 0.643. The molecule has 1 aromatic carbocycles. The molecule has 3 nitrogen and oxygen atoms in total. The molecule has 0 bridgehead atoms. The molecule has 0 aromatic heterocycles. The van der Waals surface area contributed by atoms with Gasteiger partial charge in [-0.3, -0.25) is 0 Å². The van der Waals surface area contributed by atoms with E-state index in [0.717, 1.165) is 19.4 Å². The van der Waals surface area contributed by atoms with Crippen LogP contribution < -0.4 is 0 Å². The lowest BCUT2D eigenvalue weighted by Gasteiger charge is -2.05. The average Bonchev–Trinajstić information content (AvgIpc) is 2.38. The molecule has 0 radical (unpaired) electrons. The molecule has 1 rings (SSSR count). The molecule has 1 aromatic rings. The van der Waals surface area contributed by atoms with E-state index >= 15 is 0 Å². The standard InChI is InChI=1S/C14H22O3/c1-15-10-11-17-13-12-16-9-5-8-14-6-3-2-4-7-14/h2-4,6-7H,5,8-13H2,1H3. The molecule has 0 saturated heterocycles. The summed E-state index contributed by atoms with van der Waals surface area (Å²) in [4.78, 5) is 0. The Balaban J connectivity index is 1.85. The Bertz CT molecular complexity index is 261. The third kappa shape index (κ3) is 7.91. The van der Waals surface area contributed by atoms with Crippen LogP contribution in [0.25, 0.3) is 0 Å². The number of ether oxygens (including phenoxy) is 3. The number of benzene rings is 1. The van der Waals surface area contributed by atoms with Crippen molar-refractivity contribution >= 4 is 0 Å². The SMILES string of the molecule is COCCOCCOCCCc1ccccc1. The van der Waals surface area contributed by atoms with E-state index in [0.29, 0.717) is 26.4 Å². The number of methoxy groups -OCH3 is 1. The molecule has 96 valence electrons. The van der Waals surface area contributed by atoms with Gasteiger partial charge < -0.3 is 14.2 Å². The van der Waals surface area contributed by atoms with Crippen molar-refractivity contribution in [3.05, 3.63) is 35.9 Å². The fourth-order valence-corrected chi connectivity index (χ4v) is 1.49. The second-order valence-electron chi connectivity index (χ2n) is 3.81. The summed E-state index contributed by atoms with van der Waals surface area (Å²) in [6.07, 6.45) is 2.13. The highest BCUT2D eigenvalue weighted by molar-refractivity contribution is 5.14. The zero-order valence-corrected chi connectivity index (χ0v) is 10.6. The first-order valence-electron chi connectivity index (χ1n) is 6.12. The van der Waals surface area contributed by atoms with Gasteiger partial charge in [-0.25, -0.2) is 0 Å². The predicted molar refractivity (Wildman–Crippen MR) is 68.3 cm³/mol. The van der Waals surface area contributed by atoms with Gasteiger partial charge in [0, 0.05) is 13.7 Å². The number of hydrogen-bond acceptors (Lipinski definition) is 3. The molecule has 3 heteroatoms. The molecule has 0 saturated carbocycles. The highest BCUT2D eigenvalue weighted by Gasteiger charge is 1.93. The van der Waals surface area contributed by atoms with Crippen molar-refractivity contribution < 1.29 is 14.2 Å². The number of hydrogen-bond donors (Lipinski definition) is 0. The zero-order valence-electron chi connectivity index (χ0n) is 10.6. The summed E-state index contributed by atoms with van der Waals surface area (Å²) < 4.78 is 15.6. The summed E-state index contributed by atoms with van der Waals surface area (Å²) in [7, 11) is 1.67. The Morgan fingerprint density at radius 2 is 1.47 bits per heavy atom. The van der Waals surface area contributed by atoms with Crippen LogP contribution in [0.3, 0.4) is 0 Å². The second kappa shape index (κ2) is 10.3. The van der Waals surface area contributed by atoms with E-state index in [1.165, 1.54) is 5.56 Å². The summed E-state index contributed by atoms with van der Waals surface area (Å²) in [5.74, 6) is 0. The molecule has 0 fully saturated rings. The van der Waals surface area contributed by atoms with E-state index in [9.17, 15) is 0 Å². The van der Waals surface area contributed by atoms with Crippen LogP contribution in [0, 0.1) is 0 Å². The Morgan fingerprint density at radius 3 is 2.18 bits per heavy atom. The van der Waals surface area contributed by atoms with Gasteiger partial charge in [-0.05, 0) is 18.4 Å². The molecule has 0 aliphatic rings. The summed E-state index contributed by atoms with van der Waals surface area (Å²) in [5.41, 5.74) is 1.37. The van der Waals surface area contributed by atoms with Gasteiger partial charge in [-0.15, -0.1) is 0 Å². The Kier molecular flexibility index (Phi) is 8.55. The third-order valence-electron chi connectivity index (χ3n) is 2.40. The Hall–Kier alpha value is -0.900. The average molecular weight is 238 g/mol. The molecular weight excluding hydrogens is 216 g/mol. The van der Waals surface area contributed by atoms with Crippen LogP contribution in [0.5, 0.6) is 0 Å². The van der Waals surface area contributed by atoms with Crippen molar-refractivity contribution in [2.24, 2.45) is 0 Å². The maximum absolute atomic E-state index is 5.47. The van der Waals surface area contributed by atoms with Gasteiger partial charge in [0.2, 0.25) is 0 Å². The van der Waals surface area contributed by atoms with Crippen LogP contribution in [0.4, 0.5) is 0 Å². The van der Waals surface area contributed by atoms with Crippen LogP contribution >= 0.6 is 0 Å². The van der Waals surface area contributed by atoms with Gasteiger partial charge >= 0.3 is 0 Å². The molecule has 0 unspecified atom stereocenters. The summed E-state index contributed by atoms with van der Waals surface area (Å²) in [6, 6.07) is 10.5. The monoisotopic (exact) mass is 238 g/mol. The van der Waals surface area contributed by atoms with Crippen LogP contribution in [0.2, 0.25) is 0 Å². The minimum atomic E-state index is 0.643. The molecule has 0 heterocycles. The van der Waals surface area contributed by atoms with Gasteiger partial charge in [-0.2, -0.15) is 0 Å². The van der Waals surface area contributed by atoms with Crippen LogP contribution in [0.15, 0.2) is 30.3 Å². The Morgan fingerprint density at radius 1 is 0.824 bits per heavy atom. The maximum atomic E-state index is 5.47. The molecule has 17 heavy (non-hydrogen) atoms. The van der Waals surface area contributed by atoms with Crippen molar-refractivity contribution in [3.8, 4) is 0 Å². The van der Waals surface area contributed by atoms with Gasteiger partial charge in [0.05, 0.1) is 26.4 Å². The largest absolute Gasteiger partial charge is 0.382 e. The van der Waals surface area contributed by atoms with Crippen molar-refractivity contribution in [1.29, 1.82) is 0 Å². The fourth-order valence-electron chi connectivity index (χ4n) is 1.49. The summed E-state index contributed by atoms with van der Waals surface area (Å²) in [5, 5.41) is 0. The fraction of sp³-hybridized carbons (Fsp3) is 0.571. The first kappa shape index (κ1) is 14.2. The van der Waals surface area contributed by atoms with Gasteiger partial charge in [0.25, 0.3) is 0 Å². The smallest absolute Gasteiger partial charge is 0.0701 e. The second-order valence-corrected chi connectivity index (χ2v) is 3.81. The van der Waals surface area contributed by atoms with Crippen molar-refractivity contribution in [1.82, 2.24) is 0 Å². The van der Waals surface area contributed by atoms with Gasteiger partial charge in [-0.1, -0.05) is 30.3 Å². The van der Waals surface area contributed by atoms with Crippen molar-refractivity contribution in [3.63, 3.8) is 0 Å². The first-order chi connectivity index (χ1) is 8.43. The predicted octanol–water partition coefficient (Wildman–Crippen LogP) is 2.30. The maximum Gasteiger partial charge on any atom is 0.0701 e. The zero-order chi connectivity index (χ0) is 12.2. The summed E-state index contributed by atoms with van der Waals surface area (Å²) >= 11 is 0. The molecule has 0 N–H and O–H groups in total. The summed E-state index contributed by atoms with van der Waals surface area (Å²) in [6.45, 7) is 3.40. The highest BCUT2D eigenvalue weighted by atomic mass is 16.5.